The van der Waals surface area contributed by atoms with Crippen molar-refractivity contribution in [2.75, 3.05) is 13.2 Å². The van der Waals surface area contributed by atoms with E-state index in [1.54, 1.807) is 0 Å². The van der Waals surface area contributed by atoms with Crippen molar-refractivity contribution >= 4 is 5.57 Å². The van der Waals surface area contributed by atoms with Crippen molar-refractivity contribution < 1.29 is 9.84 Å². The molecule has 102 valence electrons. The highest BCUT2D eigenvalue weighted by Crippen LogP contribution is 2.40. The molecule has 19 heavy (non-hydrogen) atoms. The average molecular weight is 259 g/mol. The smallest absolute Gasteiger partial charge is 0.123 e. The van der Waals surface area contributed by atoms with Gasteiger partial charge in [0.1, 0.15) is 12.0 Å². The third kappa shape index (κ3) is 2.40. The molecule has 0 radical (unpaired) electrons. The minimum Gasteiger partial charge on any atom is -0.493 e. The molecular weight excluding hydrogens is 238 g/mol. The normalized spacial score (nSPS) is 20.2. The minimum atomic E-state index is -0.400. The molecule has 1 heterocycles. The van der Waals surface area contributed by atoms with Gasteiger partial charge < -0.3 is 9.84 Å². The van der Waals surface area contributed by atoms with Crippen LogP contribution in [0, 0.1) is 0 Å². The molecule has 0 bridgehead atoms. The lowest BCUT2D eigenvalue weighted by atomic mass is 9.98. The van der Waals surface area contributed by atoms with E-state index in [2.05, 4.69) is 23.5 Å². The van der Waals surface area contributed by atoms with E-state index in [1.165, 1.54) is 22.3 Å². The first-order valence-electron chi connectivity index (χ1n) is 7.18. The standard InChI is InChI=1S/C16H21NO2/c1-2-15(18)17-9-7-12-4-3-11-5-6-14-13(16(11)12)8-10-19-14/h5-7,15,17-18H,2-4,8-10H2,1H3. The molecule has 0 aromatic heterocycles. The van der Waals surface area contributed by atoms with E-state index in [0.717, 1.165) is 44.6 Å². The van der Waals surface area contributed by atoms with Gasteiger partial charge in [-0.05, 0) is 42.0 Å². The number of aryl methyl sites for hydroxylation is 1. The van der Waals surface area contributed by atoms with Gasteiger partial charge in [-0.15, -0.1) is 0 Å². The largest absolute Gasteiger partial charge is 0.493 e. The van der Waals surface area contributed by atoms with E-state index in [1.807, 2.05) is 6.92 Å². The molecule has 0 saturated carbocycles. The van der Waals surface area contributed by atoms with Crippen molar-refractivity contribution in [2.45, 2.75) is 38.8 Å². The van der Waals surface area contributed by atoms with Gasteiger partial charge in [-0.3, -0.25) is 5.32 Å². The zero-order chi connectivity index (χ0) is 13.2. The van der Waals surface area contributed by atoms with Gasteiger partial charge in [-0.2, -0.15) is 0 Å². The second kappa shape index (κ2) is 5.35. The fourth-order valence-electron chi connectivity index (χ4n) is 2.99. The van der Waals surface area contributed by atoms with Crippen LogP contribution < -0.4 is 10.1 Å². The molecule has 0 saturated heterocycles. The predicted octanol–water partition coefficient (Wildman–Crippen LogP) is 2.27. The fourth-order valence-corrected chi connectivity index (χ4v) is 2.99. The van der Waals surface area contributed by atoms with Crippen molar-refractivity contribution in [3.8, 4) is 5.75 Å². The monoisotopic (exact) mass is 259 g/mol. The van der Waals surface area contributed by atoms with Crippen molar-refractivity contribution in [1.29, 1.82) is 0 Å². The molecule has 0 amide bonds. The number of rotatable bonds is 4. The number of aliphatic hydroxyl groups excluding tert-OH is 1. The van der Waals surface area contributed by atoms with E-state index in [9.17, 15) is 5.11 Å². The van der Waals surface area contributed by atoms with E-state index in [-0.39, 0.29) is 0 Å². The molecular formula is C16H21NO2. The molecule has 1 atom stereocenters. The maximum atomic E-state index is 9.52. The summed E-state index contributed by atoms with van der Waals surface area (Å²) in [6.45, 7) is 3.51. The minimum absolute atomic E-state index is 0.400. The van der Waals surface area contributed by atoms with Gasteiger partial charge in [-0.25, -0.2) is 0 Å². The SMILES string of the molecule is CCC(O)NCC=C1CCc2ccc3c(c21)CCO3. The Morgan fingerprint density at radius 1 is 1.37 bits per heavy atom. The van der Waals surface area contributed by atoms with Crippen LogP contribution in [0.15, 0.2) is 18.2 Å². The third-order valence-corrected chi connectivity index (χ3v) is 4.04. The Balaban J connectivity index is 1.81. The van der Waals surface area contributed by atoms with Crippen LogP contribution >= 0.6 is 0 Å². The maximum Gasteiger partial charge on any atom is 0.123 e. The summed E-state index contributed by atoms with van der Waals surface area (Å²) in [6, 6.07) is 4.32. The van der Waals surface area contributed by atoms with Gasteiger partial charge in [0.15, 0.2) is 0 Å². The van der Waals surface area contributed by atoms with Gasteiger partial charge in [0, 0.05) is 18.5 Å². The Hall–Kier alpha value is -1.32. The number of nitrogens with one attached hydrogen (secondary N) is 1. The van der Waals surface area contributed by atoms with E-state index < -0.39 is 6.23 Å². The van der Waals surface area contributed by atoms with Gasteiger partial charge in [0.2, 0.25) is 0 Å². The summed E-state index contributed by atoms with van der Waals surface area (Å²) in [6.07, 6.45) is 5.83. The molecule has 3 nitrogen and oxygen atoms in total. The summed E-state index contributed by atoms with van der Waals surface area (Å²) in [5.74, 6) is 1.06. The summed E-state index contributed by atoms with van der Waals surface area (Å²) in [4.78, 5) is 0. The van der Waals surface area contributed by atoms with Crippen LogP contribution in [0.4, 0.5) is 0 Å². The van der Waals surface area contributed by atoms with E-state index >= 15 is 0 Å². The Kier molecular flexibility index (Phi) is 3.58. The molecule has 0 fully saturated rings. The number of hydrogen-bond donors (Lipinski definition) is 2. The first-order valence-corrected chi connectivity index (χ1v) is 7.18. The van der Waals surface area contributed by atoms with Crippen LogP contribution in [-0.2, 0) is 12.8 Å². The molecule has 2 N–H and O–H groups in total. The Labute approximate surface area is 114 Å². The van der Waals surface area contributed by atoms with E-state index in [0.29, 0.717) is 0 Å². The van der Waals surface area contributed by atoms with Crippen LogP contribution in [0.5, 0.6) is 5.75 Å². The van der Waals surface area contributed by atoms with Crippen LogP contribution in [0.3, 0.4) is 0 Å². The predicted molar refractivity (Wildman–Crippen MR) is 76.2 cm³/mol. The van der Waals surface area contributed by atoms with E-state index in [4.69, 9.17) is 4.74 Å². The first-order chi connectivity index (χ1) is 9.29. The third-order valence-electron chi connectivity index (χ3n) is 4.04. The quantitative estimate of drug-likeness (QED) is 0.815. The summed E-state index contributed by atoms with van der Waals surface area (Å²) in [5, 5.41) is 12.6. The zero-order valence-electron chi connectivity index (χ0n) is 11.4. The highest BCUT2D eigenvalue weighted by atomic mass is 16.5. The zero-order valence-corrected chi connectivity index (χ0v) is 11.4. The average Bonchev–Trinajstić information content (AvgIpc) is 3.03. The van der Waals surface area contributed by atoms with Crippen LogP contribution in [0.1, 0.15) is 36.5 Å². The van der Waals surface area contributed by atoms with Gasteiger partial charge in [0.25, 0.3) is 0 Å². The molecule has 3 rings (SSSR count). The first kappa shape index (κ1) is 12.7. The summed E-state index contributed by atoms with van der Waals surface area (Å²) < 4.78 is 5.65. The van der Waals surface area contributed by atoms with Gasteiger partial charge in [0.05, 0.1) is 6.61 Å². The number of ether oxygens (including phenoxy) is 1. The highest BCUT2D eigenvalue weighted by molar-refractivity contribution is 5.77. The Bertz CT molecular complexity index is 508. The number of aliphatic hydroxyl groups is 1. The summed E-state index contributed by atoms with van der Waals surface area (Å²) in [5.41, 5.74) is 5.67. The lowest BCUT2D eigenvalue weighted by Gasteiger charge is -2.10. The molecule has 1 aliphatic heterocycles. The molecule has 3 heteroatoms. The molecule has 2 aliphatic rings. The summed E-state index contributed by atoms with van der Waals surface area (Å²) in [7, 11) is 0. The molecule has 1 aliphatic carbocycles. The van der Waals surface area contributed by atoms with Crippen molar-refractivity contribution in [3.63, 3.8) is 0 Å². The lowest BCUT2D eigenvalue weighted by Crippen LogP contribution is -2.27. The molecule has 0 spiro atoms. The molecule has 1 aromatic carbocycles. The van der Waals surface area contributed by atoms with Crippen LogP contribution in [0.2, 0.25) is 0 Å². The van der Waals surface area contributed by atoms with Crippen molar-refractivity contribution in [2.24, 2.45) is 0 Å². The Morgan fingerprint density at radius 3 is 3.11 bits per heavy atom. The number of allylic oxidation sites excluding steroid dienone is 1. The fraction of sp³-hybridized carbons (Fsp3) is 0.500. The second-order valence-electron chi connectivity index (χ2n) is 5.24. The van der Waals surface area contributed by atoms with Crippen molar-refractivity contribution in [3.05, 3.63) is 34.9 Å². The topological polar surface area (TPSA) is 41.5 Å². The van der Waals surface area contributed by atoms with Crippen LogP contribution in [0.25, 0.3) is 5.57 Å². The molecule has 1 aromatic rings. The van der Waals surface area contributed by atoms with Crippen LogP contribution in [-0.4, -0.2) is 24.5 Å². The summed E-state index contributed by atoms with van der Waals surface area (Å²) >= 11 is 0. The van der Waals surface area contributed by atoms with Crippen molar-refractivity contribution in [1.82, 2.24) is 5.32 Å². The Morgan fingerprint density at radius 2 is 2.26 bits per heavy atom. The number of hydrogen-bond acceptors (Lipinski definition) is 3. The molecule has 1 unspecified atom stereocenters. The lowest BCUT2D eigenvalue weighted by molar-refractivity contribution is 0.138. The second-order valence-corrected chi connectivity index (χ2v) is 5.24. The maximum absolute atomic E-state index is 9.52. The highest BCUT2D eigenvalue weighted by Gasteiger charge is 2.25. The van der Waals surface area contributed by atoms with Gasteiger partial charge in [-0.1, -0.05) is 19.1 Å². The van der Waals surface area contributed by atoms with Gasteiger partial charge >= 0.3 is 0 Å². The number of fused-ring (bicyclic) bond motifs is 3. The number of benzene rings is 1.